The van der Waals surface area contributed by atoms with Gasteiger partial charge < -0.3 is 9.47 Å². The lowest BCUT2D eigenvalue weighted by Gasteiger charge is -2.11. The highest BCUT2D eigenvalue weighted by Crippen LogP contribution is 2.27. The van der Waals surface area contributed by atoms with Gasteiger partial charge in [-0.1, -0.05) is 18.2 Å². The summed E-state index contributed by atoms with van der Waals surface area (Å²) < 4.78 is 10.7. The van der Waals surface area contributed by atoms with E-state index in [1.54, 1.807) is 31.0 Å². The van der Waals surface area contributed by atoms with Crippen LogP contribution in [0.5, 0.6) is 11.5 Å². The highest BCUT2D eigenvalue weighted by atomic mass is 32.2. The first-order valence-corrected chi connectivity index (χ1v) is 7.38. The van der Waals surface area contributed by atoms with Crippen LogP contribution in [-0.2, 0) is 0 Å². The van der Waals surface area contributed by atoms with Crippen LogP contribution in [0, 0.1) is 6.92 Å². The van der Waals surface area contributed by atoms with Crippen molar-refractivity contribution >= 4 is 17.7 Å². The first kappa shape index (κ1) is 14.5. The van der Waals surface area contributed by atoms with Gasteiger partial charge in [0.1, 0.15) is 17.1 Å². The van der Waals surface area contributed by atoms with Gasteiger partial charge in [0.05, 0.1) is 7.11 Å². The normalized spacial score (nSPS) is 10.2. The monoisotopic (exact) mass is 288 g/mol. The molecule has 0 unspecified atom stereocenters. The van der Waals surface area contributed by atoms with Gasteiger partial charge in [-0.25, -0.2) is 4.79 Å². The number of para-hydroxylation sites is 1. The van der Waals surface area contributed by atoms with Gasteiger partial charge in [-0.2, -0.15) is 0 Å². The maximum atomic E-state index is 12.2. The highest BCUT2D eigenvalue weighted by Gasteiger charge is 2.15. The van der Waals surface area contributed by atoms with Crippen molar-refractivity contribution in [2.45, 2.75) is 11.8 Å². The number of esters is 1. The molecule has 3 nitrogen and oxygen atoms in total. The van der Waals surface area contributed by atoms with Crippen LogP contribution in [0.25, 0.3) is 0 Å². The molecular weight excluding hydrogens is 272 g/mol. The van der Waals surface area contributed by atoms with Crippen LogP contribution in [0.4, 0.5) is 0 Å². The third kappa shape index (κ3) is 3.14. The van der Waals surface area contributed by atoms with Crippen molar-refractivity contribution in [1.29, 1.82) is 0 Å². The fourth-order valence-electron chi connectivity index (χ4n) is 1.79. The Balaban J connectivity index is 2.27. The predicted molar refractivity (Wildman–Crippen MR) is 80.9 cm³/mol. The van der Waals surface area contributed by atoms with E-state index >= 15 is 0 Å². The number of carbonyl (C=O) groups excluding carboxylic acids is 1. The summed E-state index contributed by atoms with van der Waals surface area (Å²) in [7, 11) is 1.55. The van der Waals surface area contributed by atoms with Crippen molar-refractivity contribution in [2.24, 2.45) is 0 Å². The van der Waals surface area contributed by atoms with Gasteiger partial charge in [-0.15, -0.1) is 11.8 Å². The zero-order chi connectivity index (χ0) is 14.5. The Morgan fingerprint density at radius 1 is 1.10 bits per heavy atom. The van der Waals surface area contributed by atoms with Crippen LogP contribution in [-0.4, -0.2) is 19.3 Å². The number of thioether (sulfide) groups is 1. The minimum atomic E-state index is -0.413. The summed E-state index contributed by atoms with van der Waals surface area (Å²) >= 11 is 1.59. The van der Waals surface area contributed by atoms with Crippen LogP contribution in [0.3, 0.4) is 0 Å². The summed E-state index contributed by atoms with van der Waals surface area (Å²) in [6.45, 7) is 1.90. The van der Waals surface area contributed by atoms with E-state index in [-0.39, 0.29) is 0 Å². The summed E-state index contributed by atoms with van der Waals surface area (Å²) in [5, 5.41) is 0. The van der Waals surface area contributed by atoms with E-state index in [2.05, 4.69) is 0 Å². The van der Waals surface area contributed by atoms with Crippen LogP contribution < -0.4 is 9.47 Å². The zero-order valence-corrected chi connectivity index (χ0v) is 12.5. The topological polar surface area (TPSA) is 35.5 Å². The Morgan fingerprint density at radius 2 is 1.85 bits per heavy atom. The summed E-state index contributed by atoms with van der Waals surface area (Å²) in [4.78, 5) is 13.3. The first-order chi connectivity index (χ1) is 9.65. The average Bonchev–Trinajstić information content (AvgIpc) is 2.48. The lowest BCUT2D eigenvalue weighted by Crippen LogP contribution is -2.10. The molecule has 2 aromatic carbocycles. The van der Waals surface area contributed by atoms with Crippen molar-refractivity contribution in [1.82, 2.24) is 0 Å². The maximum absolute atomic E-state index is 12.2. The number of carbonyl (C=O) groups is 1. The standard InChI is InChI=1S/C16H16O3S/c1-11-6-4-5-7-14(11)19-16(17)13-9-8-12(20-3)10-15(13)18-2/h4-10H,1-3H3. The van der Waals surface area contributed by atoms with E-state index < -0.39 is 5.97 Å². The Labute approximate surface area is 122 Å². The molecule has 0 atom stereocenters. The van der Waals surface area contributed by atoms with Gasteiger partial charge in [-0.05, 0) is 43.0 Å². The molecule has 0 saturated carbocycles. The predicted octanol–water partition coefficient (Wildman–Crippen LogP) is 3.94. The van der Waals surface area contributed by atoms with Gasteiger partial charge in [0.2, 0.25) is 0 Å². The van der Waals surface area contributed by atoms with Crippen LogP contribution in [0.1, 0.15) is 15.9 Å². The molecule has 0 heterocycles. The van der Waals surface area contributed by atoms with E-state index in [1.165, 1.54) is 0 Å². The van der Waals surface area contributed by atoms with Crippen molar-refractivity contribution in [3.05, 3.63) is 53.6 Å². The number of benzene rings is 2. The van der Waals surface area contributed by atoms with E-state index in [1.807, 2.05) is 43.5 Å². The Kier molecular flexibility index (Phi) is 4.69. The molecule has 0 aromatic heterocycles. The summed E-state index contributed by atoms with van der Waals surface area (Å²) in [6.07, 6.45) is 1.97. The number of ether oxygens (including phenoxy) is 2. The number of methoxy groups -OCH3 is 1. The molecule has 0 amide bonds. The molecule has 0 spiro atoms. The lowest BCUT2D eigenvalue weighted by atomic mass is 10.2. The van der Waals surface area contributed by atoms with Crippen molar-refractivity contribution in [2.75, 3.05) is 13.4 Å². The third-order valence-corrected chi connectivity index (χ3v) is 3.65. The second-order valence-electron chi connectivity index (χ2n) is 4.22. The van der Waals surface area contributed by atoms with Gasteiger partial charge in [0.15, 0.2) is 0 Å². The number of hydrogen-bond donors (Lipinski definition) is 0. The smallest absolute Gasteiger partial charge is 0.347 e. The molecule has 4 heteroatoms. The van der Waals surface area contributed by atoms with E-state index in [9.17, 15) is 4.79 Å². The fraction of sp³-hybridized carbons (Fsp3) is 0.188. The maximum Gasteiger partial charge on any atom is 0.347 e. The van der Waals surface area contributed by atoms with Crippen molar-refractivity contribution in [3.63, 3.8) is 0 Å². The largest absolute Gasteiger partial charge is 0.496 e. The highest BCUT2D eigenvalue weighted by molar-refractivity contribution is 7.98. The van der Waals surface area contributed by atoms with Gasteiger partial charge in [0, 0.05) is 4.90 Å². The molecule has 20 heavy (non-hydrogen) atoms. The number of aryl methyl sites for hydroxylation is 1. The van der Waals surface area contributed by atoms with Crippen molar-refractivity contribution in [3.8, 4) is 11.5 Å². The van der Waals surface area contributed by atoms with E-state index in [4.69, 9.17) is 9.47 Å². The second-order valence-corrected chi connectivity index (χ2v) is 5.10. The van der Waals surface area contributed by atoms with E-state index in [0.29, 0.717) is 17.1 Å². The molecule has 2 aromatic rings. The van der Waals surface area contributed by atoms with E-state index in [0.717, 1.165) is 10.5 Å². The second kappa shape index (κ2) is 6.48. The number of rotatable bonds is 4. The third-order valence-electron chi connectivity index (χ3n) is 2.92. The van der Waals surface area contributed by atoms with Gasteiger partial charge >= 0.3 is 5.97 Å². The molecule has 2 rings (SSSR count). The molecule has 0 saturated heterocycles. The molecule has 0 bridgehead atoms. The minimum absolute atomic E-state index is 0.413. The lowest BCUT2D eigenvalue weighted by molar-refractivity contribution is 0.0730. The first-order valence-electron chi connectivity index (χ1n) is 6.15. The summed E-state index contributed by atoms with van der Waals surface area (Å²) in [5.74, 6) is 0.674. The van der Waals surface area contributed by atoms with Gasteiger partial charge in [0.25, 0.3) is 0 Å². The zero-order valence-electron chi connectivity index (χ0n) is 11.7. The minimum Gasteiger partial charge on any atom is -0.496 e. The summed E-state index contributed by atoms with van der Waals surface area (Å²) in [6, 6.07) is 12.9. The van der Waals surface area contributed by atoms with Crippen LogP contribution >= 0.6 is 11.8 Å². The quantitative estimate of drug-likeness (QED) is 0.485. The van der Waals surface area contributed by atoms with Gasteiger partial charge in [-0.3, -0.25) is 0 Å². The SMILES string of the molecule is COc1cc(SC)ccc1C(=O)Oc1ccccc1C. The van der Waals surface area contributed by atoms with Crippen LogP contribution in [0.15, 0.2) is 47.4 Å². The molecule has 104 valence electrons. The molecule has 0 fully saturated rings. The molecular formula is C16H16O3S. The summed E-state index contributed by atoms with van der Waals surface area (Å²) in [5.41, 5.74) is 1.34. The molecule has 0 aliphatic carbocycles. The molecule has 0 radical (unpaired) electrons. The Morgan fingerprint density at radius 3 is 2.50 bits per heavy atom. The Hall–Kier alpha value is -1.94. The fourth-order valence-corrected chi connectivity index (χ4v) is 2.22. The molecule has 0 aliphatic rings. The van der Waals surface area contributed by atoms with Crippen molar-refractivity contribution < 1.29 is 14.3 Å². The molecule has 0 aliphatic heterocycles. The number of hydrogen-bond acceptors (Lipinski definition) is 4. The average molecular weight is 288 g/mol. The van der Waals surface area contributed by atoms with Crippen LogP contribution in [0.2, 0.25) is 0 Å². The molecule has 0 N–H and O–H groups in total. The Bertz CT molecular complexity index is 623.